The first-order chi connectivity index (χ1) is 10.8. The van der Waals surface area contributed by atoms with E-state index in [2.05, 4.69) is 31.9 Å². The molecule has 120 valence electrons. The van der Waals surface area contributed by atoms with E-state index in [0.717, 1.165) is 15.7 Å². The highest BCUT2D eigenvalue weighted by atomic mass is 79.9. The lowest BCUT2D eigenvalue weighted by atomic mass is 10.0. The molecule has 1 amide bonds. The molecule has 0 saturated heterocycles. The van der Waals surface area contributed by atoms with E-state index >= 15 is 0 Å². The fourth-order valence-corrected chi connectivity index (χ4v) is 2.70. The van der Waals surface area contributed by atoms with Crippen LogP contribution in [0.1, 0.15) is 19.4 Å². The average molecular weight is 439 g/mol. The minimum atomic E-state index is -1.25. The van der Waals surface area contributed by atoms with Crippen LogP contribution in [0.2, 0.25) is 0 Å². The molecule has 0 spiro atoms. The smallest absolute Gasteiger partial charge is 0.251 e. The van der Waals surface area contributed by atoms with Crippen molar-refractivity contribution in [2.45, 2.75) is 24.7 Å². The molecule has 0 heterocycles. The molecule has 2 rings (SSSR count). The summed E-state index contributed by atoms with van der Waals surface area (Å²) in [7, 11) is 0. The molecule has 0 saturated carbocycles. The first kappa shape index (κ1) is 17.9. The Labute approximate surface area is 152 Å². The Morgan fingerprint density at radius 1 is 1.09 bits per heavy atom. The molecule has 0 N–H and O–H groups in total. The van der Waals surface area contributed by atoms with Gasteiger partial charge in [-0.05, 0) is 37.6 Å². The molecular formula is C18H17Br2NO2. The van der Waals surface area contributed by atoms with E-state index in [1.165, 1.54) is 6.92 Å². The quantitative estimate of drug-likeness (QED) is 0.500. The van der Waals surface area contributed by atoms with Gasteiger partial charge in [-0.15, -0.1) is 0 Å². The second kappa shape index (κ2) is 7.41. The molecule has 1 unspecified atom stereocenters. The van der Waals surface area contributed by atoms with Gasteiger partial charge in [0.05, 0.1) is 6.54 Å². The zero-order chi connectivity index (χ0) is 17.0. The first-order valence-corrected chi connectivity index (χ1v) is 8.72. The fourth-order valence-electron chi connectivity index (χ4n) is 2.09. The van der Waals surface area contributed by atoms with Gasteiger partial charge in [0.1, 0.15) is 0 Å². The lowest BCUT2D eigenvalue weighted by Gasteiger charge is -2.29. The predicted molar refractivity (Wildman–Crippen MR) is 99.8 cm³/mol. The molecular weight excluding hydrogens is 422 g/mol. The van der Waals surface area contributed by atoms with Crippen molar-refractivity contribution >= 4 is 49.2 Å². The third kappa shape index (κ3) is 4.30. The lowest BCUT2D eigenvalue weighted by Crippen LogP contribution is -2.47. The number of hydrogen-bond donors (Lipinski definition) is 0. The van der Waals surface area contributed by atoms with Crippen molar-refractivity contribution in [3.63, 3.8) is 0 Å². The fraction of sp³-hybridized carbons (Fsp3) is 0.222. The Morgan fingerprint density at radius 3 is 2.30 bits per heavy atom. The van der Waals surface area contributed by atoms with E-state index in [9.17, 15) is 9.59 Å². The largest absolute Gasteiger partial charge is 0.306 e. The van der Waals surface area contributed by atoms with Gasteiger partial charge in [-0.2, -0.15) is 0 Å². The number of carbonyl (C=O) groups is 2. The standard InChI is InChI=1S/C18H17Br2NO2/c1-13(22)18(2,20)17(23)21(12-14-7-4-3-5-8-14)16-10-6-9-15(19)11-16/h3-11H,12H2,1-2H3. The van der Waals surface area contributed by atoms with Crippen molar-refractivity contribution in [3.8, 4) is 0 Å². The number of benzene rings is 2. The van der Waals surface area contributed by atoms with Crippen LogP contribution in [0, 0.1) is 0 Å². The Bertz CT molecular complexity index is 714. The Kier molecular flexibility index (Phi) is 5.76. The maximum absolute atomic E-state index is 13.0. The molecule has 1 atom stereocenters. The van der Waals surface area contributed by atoms with Gasteiger partial charge in [-0.3, -0.25) is 9.59 Å². The number of nitrogens with zero attached hydrogens (tertiary/aromatic N) is 1. The number of rotatable bonds is 5. The van der Waals surface area contributed by atoms with Crippen molar-refractivity contribution in [2.75, 3.05) is 4.90 Å². The van der Waals surface area contributed by atoms with Crippen LogP contribution >= 0.6 is 31.9 Å². The first-order valence-electron chi connectivity index (χ1n) is 7.14. The maximum Gasteiger partial charge on any atom is 0.251 e. The van der Waals surface area contributed by atoms with E-state index in [0.29, 0.717) is 6.54 Å². The maximum atomic E-state index is 13.0. The molecule has 3 nitrogen and oxygen atoms in total. The zero-order valence-corrected chi connectivity index (χ0v) is 16.1. The number of ketones is 1. The third-order valence-corrected chi connectivity index (χ3v) is 5.00. The predicted octanol–water partition coefficient (Wildman–Crippen LogP) is 4.72. The van der Waals surface area contributed by atoms with Gasteiger partial charge in [0.2, 0.25) is 0 Å². The number of halogens is 2. The van der Waals surface area contributed by atoms with Crippen molar-refractivity contribution in [2.24, 2.45) is 0 Å². The Balaban J connectivity index is 2.43. The van der Waals surface area contributed by atoms with Crippen LogP contribution in [0.5, 0.6) is 0 Å². The van der Waals surface area contributed by atoms with E-state index in [4.69, 9.17) is 0 Å². The molecule has 2 aromatic rings. The summed E-state index contributed by atoms with van der Waals surface area (Å²) >= 11 is 6.72. The third-order valence-electron chi connectivity index (χ3n) is 3.61. The van der Waals surface area contributed by atoms with Gasteiger partial charge in [0, 0.05) is 10.2 Å². The number of carbonyl (C=O) groups excluding carboxylic acids is 2. The van der Waals surface area contributed by atoms with Gasteiger partial charge in [0.15, 0.2) is 10.1 Å². The Morgan fingerprint density at radius 2 is 1.74 bits per heavy atom. The minimum absolute atomic E-state index is 0.226. The summed E-state index contributed by atoms with van der Waals surface area (Å²) in [6.07, 6.45) is 0. The monoisotopic (exact) mass is 437 g/mol. The zero-order valence-electron chi connectivity index (χ0n) is 12.9. The van der Waals surface area contributed by atoms with Crippen molar-refractivity contribution in [1.82, 2.24) is 0 Å². The highest BCUT2D eigenvalue weighted by Crippen LogP contribution is 2.28. The molecule has 0 fully saturated rings. The lowest BCUT2D eigenvalue weighted by molar-refractivity contribution is -0.128. The molecule has 0 radical (unpaired) electrons. The van der Waals surface area contributed by atoms with Crippen molar-refractivity contribution < 1.29 is 9.59 Å². The summed E-state index contributed by atoms with van der Waals surface area (Å²) < 4.78 is -0.371. The number of anilines is 1. The SMILES string of the molecule is CC(=O)C(C)(Br)C(=O)N(Cc1ccccc1)c1cccc(Br)c1. The van der Waals surface area contributed by atoms with Crippen LogP contribution in [0.3, 0.4) is 0 Å². The van der Waals surface area contributed by atoms with E-state index in [1.807, 2.05) is 54.6 Å². The number of amides is 1. The summed E-state index contributed by atoms with van der Waals surface area (Å²) in [6.45, 7) is 3.40. The summed E-state index contributed by atoms with van der Waals surface area (Å²) in [5, 5.41) is 0. The van der Waals surface area contributed by atoms with Crippen LogP contribution in [0.4, 0.5) is 5.69 Å². The topological polar surface area (TPSA) is 37.4 Å². The van der Waals surface area contributed by atoms with Crippen molar-refractivity contribution in [1.29, 1.82) is 0 Å². The number of hydrogen-bond acceptors (Lipinski definition) is 2. The summed E-state index contributed by atoms with van der Waals surface area (Å²) in [5.74, 6) is -0.512. The second-order valence-electron chi connectivity index (χ2n) is 5.42. The van der Waals surface area contributed by atoms with Crippen LogP contribution in [0.15, 0.2) is 59.1 Å². The molecule has 0 bridgehead atoms. The molecule has 5 heteroatoms. The molecule has 2 aromatic carbocycles. The van der Waals surface area contributed by atoms with Gasteiger partial charge in [-0.25, -0.2) is 0 Å². The normalized spacial score (nSPS) is 13.2. The summed E-state index contributed by atoms with van der Waals surface area (Å²) in [4.78, 5) is 26.4. The van der Waals surface area contributed by atoms with Crippen LogP contribution in [-0.4, -0.2) is 16.0 Å². The molecule has 0 aliphatic heterocycles. The molecule has 23 heavy (non-hydrogen) atoms. The van der Waals surface area contributed by atoms with E-state index in [-0.39, 0.29) is 11.7 Å². The number of alkyl halides is 1. The molecule has 0 aromatic heterocycles. The average Bonchev–Trinajstić information content (AvgIpc) is 2.52. The van der Waals surface area contributed by atoms with Gasteiger partial charge < -0.3 is 4.90 Å². The second-order valence-corrected chi connectivity index (χ2v) is 7.92. The minimum Gasteiger partial charge on any atom is -0.306 e. The molecule has 0 aliphatic carbocycles. The van der Waals surface area contributed by atoms with E-state index in [1.54, 1.807) is 11.8 Å². The van der Waals surface area contributed by atoms with Gasteiger partial charge in [-0.1, -0.05) is 68.3 Å². The van der Waals surface area contributed by atoms with Crippen LogP contribution < -0.4 is 4.90 Å². The van der Waals surface area contributed by atoms with Crippen molar-refractivity contribution in [3.05, 3.63) is 64.6 Å². The van der Waals surface area contributed by atoms with Crippen LogP contribution in [-0.2, 0) is 16.1 Å². The highest BCUT2D eigenvalue weighted by Gasteiger charge is 2.39. The molecule has 0 aliphatic rings. The summed E-state index contributed by atoms with van der Waals surface area (Å²) in [5.41, 5.74) is 1.73. The highest BCUT2D eigenvalue weighted by molar-refractivity contribution is 9.10. The number of Topliss-reactive ketones (excluding diaryl/α,β-unsaturated/α-hetero) is 1. The van der Waals surface area contributed by atoms with E-state index < -0.39 is 4.32 Å². The van der Waals surface area contributed by atoms with Gasteiger partial charge >= 0.3 is 0 Å². The van der Waals surface area contributed by atoms with Crippen LogP contribution in [0.25, 0.3) is 0 Å². The van der Waals surface area contributed by atoms with Gasteiger partial charge in [0.25, 0.3) is 5.91 Å². The Hall–Kier alpha value is -1.46. The summed E-state index contributed by atoms with van der Waals surface area (Å²) in [6, 6.07) is 17.2.